The van der Waals surface area contributed by atoms with Crippen molar-refractivity contribution in [2.75, 3.05) is 22.9 Å². The highest BCUT2D eigenvalue weighted by atomic mass is 32.1. The molecule has 0 saturated carbocycles. The number of nitrogens with zero attached hydrogens (tertiary/aromatic N) is 4. The van der Waals surface area contributed by atoms with Crippen LogP contribution in [0.25, 0.3) is 0 Å². The first-order valence-electron chi connectivity index (χ1n) is 7.77. The van der Waals surface area contributed by atoms with Gasteiger partial charge >= 0.3 is 0 Å². The Labute approximate surface area is 133 Å². The van der Waals surface area contributed by atoms with Crippen LogP contribution in [0.1, 0.15) is 39.5 Å². The van der Waals surface area contributed by atoms with Crippen LogP contribution >= 0.6 is 11.3 Å². The number of nitrogens with one attached hydrogen (secondary N) is 1. The van der Waals surface area contributed by atoms with Gasteiger partial charge in [-0.1, -0.05) is 11.3 Å². The highest BCUT2D eigenvalue weighted by molar-refractivity contribution is 7.19. The summed E-state index contributed by atoms with van der Waals surface area (Å²) in [5.74, 6) is 0.153. The van der Waals surface area contributed by atoms with E-state index in [4.69, 9.17) is 0 Å². The van der Waals surface area contributed by atoms with E-state index in [9.17, 15) is 9.59 Å². The fourth-order valence-corrected chi connectivity index (χ4v) is 3.90. The Bertz CT molecular complexity index is 573. The third kappa shape index (κ3) is 2.92. The lowest BCUT2D eigenvalue weighted by Crippen LogP contribution is -2.45. The standard InChI is InChI=1S/C14H21N5O2S/c1-9(2)15-12(21)10-5-3-7-18(10)13-16-17-14(22-13)19-8-4-6-11(19)20/h9-10H,3-8H2,1-2H3,(H,15,21). The number of hydrogen-bond donors (Lipinski definition) is 1. The van der Waals surface area contributed by atoms with Gasteiger partial charge in [0, 0.05) is 25.6 Å². The van der Waals surface area contributed by atoms with Gasteiger partial charge in [0.05, 0.1) is 0 Å². The molecule has 8 heteroatoms. The maximum atomic E-state index is 12.3. The van der Waals surface area contributed by atoms with Crippen LogP contribution in [0.2, 0.25) is 0 Å². The lowest BCUT2D eigenvalue weighted by Gasteiger charge is -2.23. The molecule has 2 aliphatic rings. The van der Waals surface area contributed by atoms with E-state index in [-0.39, 0.29) is 23.9 Å². The second kappa shape index (κ2) is 6.20. The van der Waals surface area contributed by atoms with Crippen molar-refractivity contribution in [1.82, 2.24) is 15.5 Å². The number of amides is 2. The number of aromatic nitrogens is 2. The number of anilines is 2. The number of carbonyl (C=O) groups excluding carboxylic acids is 2. The molecular formula is C14H21N5O2S. The van der Waals surface area contributed by atoms with Crippen LogP contribution in [0.5, 0.6) is 0 Å². The molecule has 1 atom stereocenters. The summed E-state index contributed by atoms with van der Waals surface area (Å²) in [5, 5.41) is 12.7. The molecule has 0 aromatic carbocycles. The zero-order valence-electron chi connectivity index (χ0n) is 12.9. The van der Waals surface area contributed by atoms with Gasteiger partial charge in [-0.2, -0.15) is 0 Å². The second-order valence-corrected chi connectivity index (χ2v) is 6.97. The molecule has 2 fully saturated rings. The summed E-state index contributed by atoms with van der Waals surface area (Å²) in [5.41, 5.74) is 0. The summed E-state index contributed by atoms with van der Waals surface area (Å²) in [6, 6.07) is -0.0559. The van der Waals surface area contributed by atoms with Gasteiger partial charge in [0.25, 0.3) is 0 Å². The first-order chi connectivity index (χ1) is 10.6. The van der Waals surface area contributed by atoms with E-state index in [1.807, 2.05) is 18.7 Å². The Balaban J connectivity index is 1.74. The van der Waals surface area contributed by atoms with Crippen molar-refractivity contribution >= 4 is 33.4 Å². The van der Waals surface area contributed by atoms with E-state index in [2.05, 4.69) is 15.5 Å². The quantitative estimate of drug-likeness (QED) is 0.899. The minimum atomic E-state index is -0.183. The van der Waals surface area contributed by atoms with E-state index >= 15 is 0 Å². The van der Waals surface area contributed by atoms with Crippen LogP contribution in [0, 0.1) is 0 Å². The maximum Gasteiger partial charge on any atom is 0.242 e. The van der Waals surface area contributed by atoms with Crippen LogP contribution in [0.3, 0.4) is 0 Å². The van der Waals surface area contributed by atoms with Gasteiger partial charge in [-0.05, 0) is 33.1 Å². The minimum Gasteiger partial charge on any atom is -0.352 e. The summed E-state index contributed by atoms with van der Waals surface area (Å²) < 4.78 is 0. The topological polar surface area (TPSA) is 78.4 Å². The average molecular weight is 323 g/mol. The molecule has 120 valence electrons. The number of rotatable bonds is 4. The van der Waals surface area contributed by atoms with Crippen molar-refractivity contribution in [3.63, 3.8) is 0 Å². The highest BCUT2D eigenvalue weighted by Crippen LogP contribution is 2.33. The van der Waals surface area contributed by atoms with E-state index < -0.39 is 0 Å². The van der Waals surface area contributed by atoms with Gasteiger partial charge < -0.3 is 10.2 Å². The fraction of sp³-hybridized carbons (Fsp3) is 0.714. The molecule has 7 nitrogen and oxygen atoms in total. The summed E-state index contributed by atoms with van der Waals surface area (Å²) >= 11 is 1.40. The van der Waals surface area contributed by atoms with E-state index in [1.54, 1.807) is 4.90 Å². The minimum absolute atomic E-state index is 0.0431. The third-order valence-electron chi connectivity index (χ3n) is 3.94. The van der Waals surface area contributed by atoms with Crippen LogP contribution in [-0.2, 0) is 9.59 Å². The normalized spacial score (nSPS) is 22.0. The summed E-state index contributed by atoms with van der Waals surface area (Å²) in [6.45, 7) is 5.43. The summed E-state index contributed by atoms with van der Waals surface area (Å²) in [6.07, 6.45) is 3.25. The molecule has 0 spiro atoms. The average Bonchev–Trinajstić information content (AvgIpc) is 3.16. The first-order valence-corrected chi connectivity index (χ1v) is 8.59. The van der Waals surface area contributed by atoms with Crippen LogP contribution in [-0.4, -0.2) is 47.2 Å². The van der Waals surface area contributed by atoms with Crippen molar-refractivity contribution in [3.05, 3.63) is 0 Å². The highest BCUT2D eigenvalue weighted by Gasteiger charge is 2.34. The van der Waals surface area contributed by atoms with Gasteiger partial charge in [-0.25, -0.2) is 0 Å². The number of carbonyl (C=O) groups is 2. The van der Waals surface area contributed by atoms with Gasteiger partial charge in [0.1, 0.15) is 6.04 Å². The van der Waals surface area contributed by atoms with Crippen LogP contribution < -0.4 is 15.1 Å². The first kappa shape index (κ1) is 15.2. The molecule has 1 aromatic rings. The third-order valence-corrected chi connectivity index (χ3v) is 4.92. The zero-order valence-corrected chi connectivity index (χ0v) is 13.7. The summed E-state index contributed by atoms with van der Waals surface area (Å²) in [7, 11) is 0. The molecule has 2 aliphatic heterocycles. The maximum absolute atomic E-state index is 12.3. The Hall–Kier alpha value is -1.70. The van der Waals surface area contributed by atoms with E-state index in [0.29, 0.717) is 18.1 Å². The Morgan fingerprint density at radius 2 is 2.05 bits per heavy atom. The Morgan fingerprint density at radius 3 is 2.73 bits per heavy atom. The lowest BCUT2D eigenvalue weighted by atomic mass is 10.2. The van der Waals surface area contributed by atoms with Crippen molar-refractivity contribution in [2.45, 2.75) is 51.6 Å². The van der Waals surface area contributed by atoms with Crippen molar-refractivity contribution in [3.8, 4) is 0 Å². The monoisotopic (exact) mass is 323 g/mol. The molecule has 2 saturated heterocycles. The predicted octanol–water partition coefficient (Wildman–Crippen LogP) is 1.16. The van der Waals surface area contributed by atoms with E-state index in [1.165, 1.54) is 11.3 Å². The SMILES string of the molecule is CC(C)NC(=O)C1CCCN1c1nnc(N2CCCC2=O)s1. The predicted molar refractivity (Wildman–Crippen MR) is 85.1 cm³/mol. The van der Waals surface area contributed by atoms with Gasteiger partial charge in [0.2, 0.25) is 22.1 Å². The van der Waals surface area contributed by atoms with Crippen molar-refractivity contribution in [2.24, 2.45) is 0 Å². The van der Waals surface area contributed by atoms with Crippen molar-refractivity contribution < 1.29 is 9.59 Å². The molecule has 0 aliphatic carbocycles. The molecule has 0 radical (unpaired) electrons. The van der Waals surface area contributed by atoms with Gasteiger partial charge in [-0.15, -0.1) is 10.2 Å². The molecule has 3 rings (SSSR count). The molecule has 0 bridgehead atoms. The van der Waals surface area contributed by atoms with Crippen LogP contribution in [0.4, 0.5) is 10.3 Å². The van der Waals surface area contributed by atoms with Gasteiger partial charge in [0.15, 0.2) is 0 Å². The molecule has 1 unspecified atom stereocenters. The molecule has 1 N–H and O–H groups in total. The molecule has 22 heavy (non-hydrogen) atoms. The van der Waals surface area contributed by atoms with Crippen LogP contribution in [0.15, 0.2) is 0 Å². The molecule has 1 aromatic heterocycles. The fourth-order valence-electron chi connectivity index (χ4n) is 2.93. The van der Waals surface area contributed by atoms with E-state index in [0.717, 1.165) is 30.9 Å². The molecule has 2 amide bonds. The smallest absolute Gasteiger partial charge is 0.242 e. The van der Waals surface area contributed by atoms with Crippen molar-refractivity contribution in [1.29, 1.82) is 0 Å². The molecular weight excluding hydrogens is 302 g/mol. The molecule has 3 heterocycles. The Kier molecular flexibility index (Phi) is 4.28. The second-order valence-electron chi connectivity index (χ2n) is 6.03. The Morgan fingerprint density at radius 1 is 1.27 bits per heavy atom. The number of hydrogen-bond acceptors (Lipinski definition) is 6. The lowest BCUT2D eigenvalue weighted by molar-refractivity contribution is -0.122. The largest absolute Gasteiger partial charge is 0.352 e. The van der Waals surface area contributed by atoms with Gasteiger partial charge in [-0.3, -0.25) is 14.5 Å². The summed E-state index contributed by atoms with van der Waals surface area (Å²) in [4.78, 5) is 27.8. The zero-order chi connectivity index (χ0) is 15.7.